The lowest BCUT2D eigenvalue weighted by molar-refractivity contribution is -0.258. The standard InChI is InChI=1S/C13H21NO6/c1-8(9(15)19-11(2,3)4)14-10(16)20-13(6,18-7)12(14,5)17/h17H,1H2,2-7H3/t12-,13+/m0/s1. The third-order valence-corrected chi connectivity index (χ3v) is 3.05. The molecule has 1 aliphatic heterocycles. The molecule has 0 spiro atoms. The molecule has 1 saturated heterocycles. The van der Waals surface area contributed by atoms with Crippen LogP contribution in [0.2, 0.25) is 0 Å². The van der Waals surface area contributed by atoms with Gasteiger partial charge >= 0.3 is 12.1 Å². The summed E-state index contributed by atoms with van der Waals surface area (Å²) in [5.74, 6) is -2.44. The summed E-state index contributed by atoms with van der Waals surface area (Å²) in [6, 6.07) is 0. The first kappa shape index (κ1) is 16.5. The Kier molecular flexibility index (Phi) is 3.91. The van der Waals surface area contributed by atoms with Gasteiger partial charge in [0.05, 0.1) is 0 Å². The fourth-order valence-electron chi connectivity index (χ4n) is 1.73. The summed E-state index contributed by atoms with van der Waals surface area (Å²) in [6.07, 6.45) is -0.935. The Bertz CT molecular complexity index is 450. The lowest BCUT2D eigenvalue weighted by atomic mass is 10.1. The number of aliphatic hydroxyl groups is 1. The lowest BCUT2D eigenvalue weighted by Gasteiger charge is -2.36. The molecule has 0 aliphatic carbocycles. The fraction of sp³-hybridized carbons (Fsp3) is 0.692. The molecule has 1 fully saturated rings. The van der Waals surface area contributed by atoms with Gasteiger partial charge in [-0.05, 0) is 27.7 Å². The first-order chi connectivity index (χ1) is 8.85. The van der Waals surface area contributed by atoms with Crippen molar-refractivity contribution in [3.8, 4) is 0 Å². The van der Waals surface area contributed by atoms with E-state index in [1.54, 1.807) is 20.8 Å². The van der Waals surface area contributed by atoms with Gasteiger partial charge in [-0.15, -0.1) is 0 Å². The molecule has 1 aliphatic rings. The zero-order valence-electron chi connectivity index (χ0n) is 12.6. The second-order valence-corrected chi connectivity index (χ2v) is 5.82. The zero-order chi connectivity index (χ0) is 15.9. The van der Waals surface area contributed by atoms with Crippen molar-refractivity contribution in [2.45, 2.75) is 51.7 Å². The highest BCUT2D eigenvalue weighted by atomic mass is 16.8. The van der Waals surface area contributed by atoms with Gasteiger partial charge in [0.15, 0.2) is 0 Å². The molecule has 1 heterocycles. The van der Waals surface area contributed by atoms with Crippen LogP contribution >= 0.6 is 0 Å². The topological polar surface area (TPSA) is 85.3 Å². The Balaban J connectivity index is 3.05. The molecule has 0 unspecified atom stereocenters. The van der Waals surface area contributed by atoms with E-state index in [0.717, 1.165) is 4.90 Å². The number of carbonyl (C=O) groups excluding carboxylic acids is 2. The van der Waals surface area contributed by atoms with Crippen molar-refractivity contribution in [2.75, 3.05) is 7.11 Å². The smallest absolute Gasteiger partial charge is 0.419 e. The van der Waals surface area contributed by atoms with Gasteiger partial charge in [-0.1, -0.05) is 6.58 Å². The van der Waals surface area contributed by atoms with Gasteiger partial charge in [0.1, 0.15) is 11.3 Å². The number of methoxy groups -OCH3 is 1. The van der Waals surface area contributed by atoms with E-state index >= 15 is 0 Å². The van der Waals surface area contributed by atoms with E-state index in [1.165, 1.54) is 21.0 Å². The summed E-state index contributed by atoms with van der Waals surface area (Å²) < 4.78 is 15.1. The van der Waals surface area contributed by atoms with Crippen molar-refractivity contribution in [1.82, 2.24) is 4.90 Å². The molecule has 0 aromatic rings. The van der Waals surface area contributed by atoms with E-state index in [-0.39, 0.29) is 5.70 Å². The molecule has 2 atom stereocenters. The van der Waals surface area contributed by atoms with Crippen LogP contribution in [0.3, 0.4) is 0 Å². The number of esters is 1. The van der Waals surface area contributed by atoms with Crippen molar-refractivity contribution in [3.05, 3.63) is 12.3 Å². The third-order valence-electron chi connectivity index (χ3n) is 3.05. The summed E-state index contributed by atoms with van der Waals surface area (Å²) in [4.78, 5) is 24.6. The minimum atomic E-state index is -1.90. The van der Waals surface area contributed by atoms with Gasteiger partial charge in [-0.25, -0.2) is 14.5 Å². The molecule has 1 rings (SSSR count). The monoisotopic (exact) mass is 287 g/mol. The van der Waals surface area contributed by atoms with Gasteiger partial charge < -0.3 is 19.3 Å². The van der Waals surface area contributed by atoms with E-state index in [1.807, 2.05) is 0 Å². The highest BCUT2D eigenvalue weighted by Crippen LogP contribution is 2.40. The van der Waals surface area contributed by atoms with Gasteiger partial charge in [0, 0.05) is 14.0 Å². The SMILES string of the molecule is C=C(C(=O)OC(C)(C)C)N1C(=O)O[C@@](C)(OC)[C@]1(C)O. The number of hydrogen-bond donors (Lipinski definition) is 1. The Morgan fingerprint density at radius 2 is 1.90 bits per heavy atom. The third kappa shape index (κ3) is 2.64. The normalized spacial score (nSPS) is 30.1. The van der Waals surface area contributed by atoms with Crippen LogP contribution in [-0.4, -0.2) is 46.3 Å². The van der Waals surface area contributed by atoms with Crippen molar-refractivity contribution in [1.29, 1.82) is 0 Å². The minimum absolute atomic E-state index is 0.323. The van der Waals surface area contributed by atoms with E-state index in [9.17, 15) is 14.7 Å². The van der Waals surface area contributed by atoms with Gasteiger partial charge in [0.2, 0.25) is 5.72 Å². The first-order valence-corrected chi connectivity index (χ1v) is 6.09. The summed E-state index contributed by atoms with van der Waals surface area (Å²) in [5, 5.41) is 10.4. The number of ether oxygens (including phenoxy) is 3. The van der Waals surface area contributed by atoms with Crippen LogP contribution in [0, 0.1) is 0 Å². The number of carbonyl (C=O) groups is 2. The van der Waals surface area contributed by atoms with Crippen molar-refractivity contribution < 1.29 is 28.9 Å². The number of amides is 1. The van der Waals surface area contributed by atoms with E-state index in [4.69, 9.17) is 14.2 Å². The number of nitrogens with zero attached hydrogens (tertiary/aromatic N) is 1. The molecule has 20 heavy (non-hydrogen) atoms. The molecule has 1 amide bonds. The Hall–Kier alpha value is -1.60. The summed E-state index contributed by atoms with van der Waals surface area (Å²) in [7, 11) is 1.28. The average Bonchev–Trinajstić information content (AvgIpc) is 2.42. The molecule has 7 nitrogen and oxygen atoms in total. The molecular weight excluding hydrogens is 266 g/mol. The van der Waals surface area contributed by atoms with Crippen LogP contribution in [0.5, 0.6) is 0 Å². The Morgan fingerprint density at radius 3 is 2.25 bits per heavy atom. The van der Waals surface area contributed by atoms with Gasteiger partial charge in [0.25, 0.3) is 5.79 Å². The van der Waals surface area contributed by atoms with E-state index in [0.29, 0.717) is 0 Å². The van der Waals surface area contributed by atoms with Gasteiger partial charge in [-0.2, -0.15) is 0 Å². The van der Waals surface area contributed by atoms with Crippen molar-refractivity contribution in [3.63, 3.8) is 0 Å². The molecule has 7 heteroatoms. The molecule has 0 aromatic carbocycles. The summed E-state index contributed by atoms with van der Waals surface area (Å²) >= 11 is 0. The van der Waals surface area contributed by atoms with Crippen LogP contribution in [-0.2, 0) is 19.0 Å². The predicted molar refractivity (Wildman–Crippen MR) is 69.3 cm³/mol. The number of hydrogen-bond acceptors (Lipinski definition) is 6. The Labute approximate surface area is 118 Å². The first-order valence-electron chi connectivity index (χ1n) is 6.09. The molecule has 0 bridgehead atoms. The van der Waals surface area contributed by atoms with Crippen LogP contribution in [0.1, 0.15) is 34.6 Å². The molecule has 114 valence electrons. The minimum Gasteiger partial charge on any atom is -0.455 e. The van der Waals surface area contributed by atoms with Crippen LogP contribution in [0.15, 0.2) is 12.3 Å². The Morgan fingerprint density at radius 1 is 1.40 bits per heavy atom. The van der Waals surface area contributed by atoms with Crippen LogP contribution < -0.4 is 0 Å². The summed E-state index contributed by atoms with van der Waals surface area (Å²) in [6.45, 7) is 11.2. The van der Waals surface area contributed by atoms with Gasteiger partial charge in [-0.3, -0.25) is 0 Å². The molecule has 0 saturated carbocycles. The molecule has 0 radical (unpaired) electrons. The molecular formula is C13H21NO6. The number of rotatable bonds is 3. The lowest BCUT2D eigenvalue weighted by Crippen LogP contribution is -2.56. The second-order valence-electron chi connectivity index (χ2n) is 5.82. The van der Waals surface area contributed by atoms with E-state index in [2.05, 4.69) is 6.58 Å². The maximum Gasteiger partial charge on any atom is 0.419 e. The quantitative estimate of drug-likeness (QED) is 0.623. The molecule has 1 N–H and O–H groups in total. The maximum absolute atomic E-state index is 12.0. The van der Waals surface area contributed by atoms with Crippen LogP contribution in [0.4, 0.5) is 4.79 Å². The fourth-order valence-corrected chi connectivity index (χ4v) is 1.73. The van der Waals surface area contributed by atoms with E-state index < -0.39 is 29.2 Å². The average molecular weight is 287 g/mol. The highest BCUT2D eigenvalue weighted by Gasteiger charge is 2.62. The second kappa shape index (κ2) is 4.75. The highest BCUT2D eigenvalue weighted by molar-refractivity contribution is 5.93. The largest absolute Gasteiger partial charge is 0.455 e. The van der Waals surface area contributed by atoms with Crippen LogP contribution in [0.25, 0.3) is 0 Å². The molecule has 0 aromatic heterocycles. The van der Waals surface area contributed by atoms with Crippen molar-refractivity contribution in [2.24, 2.45) is 0 Å². The predicted octanol–water partition coefficient (Wildman–Crippen LogP) is 1.37. The zero-order valence-corrected chi connectivity index (χ0v) is 12.6. The maximum atomic E-state index is 12.0. The number of cyclic esters (lactones) is 1. The summed E-state index contributed by atoms with van der Waals surface area (Å²) in [5.41, 5.74) is -2.97. The van der Waals surface area contributed by atoms with Crippen molar-refractivity contribution >= 4 is 12.1 Å².